The Balaban J connectivity index is 1.66. The fourth-order valence-corrected chi connectivity index (χ4v) is 3.22. The van der Waals surface area contributed by atoms with Gasteiger partial charge in [-0.15, -0.1) is 0 Å². The number of fused-ring (bicyclic) bond motifs is 2. The predicted molar refractivity (Wildman–Crippen MR) is 61.3 cm³/mol. The molecule has 3 fully saturated rings. The van der Waals surface area contributed by atoms with E-state index >= 15 is 0 Å². The van der Waals surface area contributed by atoms with Crippen LogP contribution in [-0.2, 0) is 5.54 Å². The third-order valence-electron chi connectivity index (χ3n) is 4.63. The van der Waals surface area contributed by atoms with Crippen molar-refractivity contribution in [3.05, 3.63) is 11.7 Å². The lowest BCUT2D eigenvalue weighted by Crippen LogP contribution is -2.51. The van der Waals surface area contributed by atoms with Gasteiger partial charge in [-0.25, -0.2) is 0 Å². The summed E-state index contributed by atoms with van der Waals surface area (Å²) in [6.07, 6.45) is 4.51. The van der Waals surface area contributed by atoms with Crippen molar-refractivity contribution in [2.75, 3.05) is 19.6 Å². The summed E-state index contributed by atoms with van der Waals surface area (Å²) in [6, 6.07) is 0. The molecule has 2 bridgehead atoms. The summed E-state index contributed by atoms with van der Waals surface area (Å²) in [5.74, 6) is 2.58. The third kappa shape index (κ3) is 1.45. The van der Waals surface area contributed by atoms with Crippen molar-refractivity contribution in [2.45, 2.75) is 37.1 Å². The minimum Gasteiger partial charge on any atom is -0.339 e. The summed E-state index contributed by atoms with van der Waals surface area (Å²) in [5, 5.41) is 4.16. The highest BCUT2D eigenvalue weighted by atomic mass is 16.5. The van der Waals surface area contributed by atoms with E-state index in [9.17, 15) is 0 Å². The Morgan fingerprint density at radius 3 is 3.00 bits per heavy atom. The average Bonchev–Trinajstić information content (AvgIpc) is 2.93. The van der Waals surface area contributed by atoms with E-state index in [4.69, 9.17) is 10.3 Å². The first kappa shape index (κ1) is 10.0. The first-order valence-corrected chi connectivity index (χ1v) is 6.61. The van der Waals surface area contributed by atoms with Gasteiger partial charge in [-0.1, -0.05) is 5.16 Å². The zero-order valence-corrected chi connectivity index (χ0v) is 9.93. The number of aromatic nitrogens is 2. The molecule has 1 aliphatic carbocycles. The van der Waals surface area contributed by atoms with Gasteiger partial charge in [0.2, 0.25) is 5.89 Å². The maximum absolute atomic E-state index is 6.58. The molecule has 1 saturated carbocycles. The van der Waals surface area contributed by atoms with Crippen LogP contribution >= 0.6 is 0 Å². The van der Waals surface area contributed by atoms with Gasteiger partial charge in [0, 0.05) is 19.0 Å². The first-order chi connectivity index (χ1) is 8.25. The van der Waals surface area contributed by atoms with Crippen LogP contribution < -0.4 is 5.73 Å². The SMILES string of the molecule is NC1(c2noc(C3CC3)n2)CCN2CCC1C2. The van der Waals surface area contributed by atoms with E-state index in [1.54, 1.807) is 0 Å². The van der Waals surface area contributed by atoms with Crippen LogP contribution in [0.15, 0.2) is 4.52 Å². The summed E-state index contributed by atoms with van der Waals surface area (Å²) < 4.78 is 5.36. The maximum atomic E-state index is 6.58. The summed E-state index contributed by atoms with van der Waals surface area (Å²) >= 11 is 0. The molecule has 92 valence electrons. The van der Waals surface area contributed by atoms with Gasteiger partial charge in [0.05, 0.1) is 5.54 Å². The molecule has 2 aliphatic heterocycles. The summed E-state index contributed by atoms with van der Waals surface area (Å²) in [6.45, 7) is 3.35. The summed E-state index contributed by atoms with van der Waals surface area (Å²) in [5.41, 5.74) is 6.24. The van der Waals surface area contributed by atoms with Gasteiger partial charge < -0.3 is 15.2 Å². The molecule has 0 spiro atoms. The molecule has 1 aromatic heterocycles. The molecular formula is C12H18N4O. The molecule has 3 atom stereocenters. The zero-order valence-electron chi connectivity index (χ0n) is 9.93. The maximum Gasteiger partial charge on any atom is 0.229 e. The van der Waals surface area contributed by atoms with Crippen molar-refractivity contribution in [3.63, 3.8) is 0 Å². The molecule has 4 rings (SSSR count). The Morgan fingerprint density at radius 2 is 2.18 bits per heavy atom. The first-order valence-electron chi connectivity index (χ1n) is 6.61. The second-order valence-corrected chi connectivity index (χ2v) is 5.81. The molecule has 3 aliphatic rings. The van der Waals surface area contributed by atoms with Crippen LogP contribution in [-0.4, -0.2) is 34.7 Å². The van der Waals surface area contributed by atoms with E-state index in [0.717, 1.165) is 31.2 Å². The van der Waals surface area contributed by atoms with Crippen molar-refractivity contribution in [1.29, 1.82) is 0 Å². The lowest BCUT2D eigenvalue weighted by atomic mass is 9.79. The second kappa shape index (κ2) is 3.29. The lowest BCUT2D eigenvalue weighted by Gasteiger charge is -2.37. The van der Waals surface area contributed by atoms with Gasteiger partial charge in [-0.2, -0.15) is 4.98 Å². The molecule has 2 saturated heterocycles. The van der Waals surface area contributed by atoms with Crippen molar-refractivity contribution in [1.82, 2.24) is 15.0 Å². The molecule has 0 aromatic carbocycles. The third-order valence-corrected chi connectivity index (χ3v) is 4.63. The van der Waals surface area contributed by atoms with Gasteiger partial charge >= 0.3 is 0 Å². The summed E-state index contributed by atoms with van der Waals surface area (Å²) in [7, 11) is 0. The predicted octanol–water partition coefficient (Wildman–Crippen LogP) is 0.827. The molecule has 0 amide bonds. The Morgan fingerprint density at radius 1 is 1.29 bits per heavy atom. The highest BCUT2D eigenvalue weighted by molar-refractivity contribution is 5.14. The zero-order chi connectivity index (χ0) is 11.5. The minimum absolute atomic E-state index is 0.344. The molecule has 5 nitrogen and oxygen atoms in total. The van der Waals surface area contributed by atoms with Gasteiger partial charge in [0.15, 0.2) is 5.82 Å². The topological polar surface area (TPSA) is 68.2 Å². The van der Waals surface area contributed by atoms with Crippen LogP contribution in [0.5, 0.6) is 0 Å². The molecule has 0 radical (unpaired) electrons. The molecule has 2 N–H and O–H groups in total. The molecule has 3 heterocycles. The van der Waals surface area contributed by atoms with Crippen LogP contribution in [0.1, 0.15) is 43.3 Å². The van der Waals surface area contributed by atoms with Crippen LogP contribution in [0.2, 0.25) is 0 Å². The van der Waals surface area contributed by atoms with Crippen LogP contribution in [0.3, 0.4) is 0 Å². The van der Waals surface area contributed by atoms with Gasteiger partial charge in [-0.3, -0.25) is 0 Å². The number of hydrogen-bond donors (Lipinski definition) is 1. The number of nitrogens with two attached hydrogens (primary N) is 1. The van der Waals surface area contributed by atoms with Gasteiger partial charge in [-0.05, 0) is 38.1 Å². The molecular weight excluding hydrogens is 216 g/mol. The molecule has 3 unspecified atom stereocenters. The molecule has 1 aromatic rings. The van der Waals surface area contributed by atoms with Gasteiger partial charge in [0.25, 0.3) is 0 Å². The van der Waals surface area contributed by atoms with Crippen LogP contribution in [0, 0.1) is 5.92 Å². The Kier molecular flexibility index (Phi) is 1.94. The van der Waals surface area contributed by atoms with E-state index < -0.39 is 0 Å². The number of piperidine rings is 1. The number of hydrogen-bond acceptors (Lipinski definition) is 5. The van der Waals surface area contributed by atoms with Crippen molar-refractivity contribution < 1.29 is 4.52 Å². The largest absolute Gasteiger partial charge is 0.339 e. The van der Waals surface area contributed by atoms with E-state index in [1.165, 1.54) is 25.8 Å². The monoisotopic (exact) mass is 234 g/mol. The lowest BCUT2D eigenvalue weighted by molar-refractivity contribution is 0.157. The highest BCUT2D eigenvalue weighted by Gasteiger charge is 2.48. The Bertz CT molecular complexity index is 441. The molecule has 5 heteroatoms. The second-order valence-electron chi connectivity index (χ2n) is 5.81. The quantitative estimate of drug-likeness (QED) is 0.820. The number of nitrogens with zero attached hydrogens (tertiary/aromatic N) is 3. The van der Waals surface area contributed by atoms with Crippen LogP contribution in [0.25, 0.3) is 0 Å². The smallest absolute Gasteiger partial charge is 0.229 e. The normalized spacial score (nSPS) is 40.8. The van der Waals surface area contributed by atoms with Gasteiger partial charge in [0.1, 0.15) is 0 Å². The van der Waals surface area contributed by atoms with Crippen LogP contribution in [0.4, 0.5) is 0 Å². The van der Waals surface area contributed by atoms with E-state index in [2.05, 4.69) is 15.0 Å². The Hall–Kier alpha value is -0.940. The average molecular weight is 234 g/mol. The van der Waals surface area contributed by atoms with E-state index in [1.807, 2.05) is 0 Å². The standard InChI is InChI=1S/C12H18N4O/c13-12(4-6-16-5-3-9(12)7-16)11-14-10(17-15-11)8-1-2-8/h8-9H,1-7,13H2. The van der Waals surface area contributed by atoms with Crippen molar-refractivity contribution in [3.8, 4) is 0 Å². The highest BCUT2D eigenvalue weighted by Crippen LogP contribution is 2.42. The van der Waals surface area contributed by atoms with Crippen molar-refractivity contribution in [2.24, 2.45) is 11.7 Å². The minimum atomic E-state index is -0.344. The fourth-order valence-electron chi connectivity index (χ4n) is 3.22. The van der Waals surface area contributed by atoms with Crippen molar-refractivity contribution >= 4 is 0 Å². The van der Waals surface area contributed by atoms with E-state index in [0.29, 0.717) is 11.8 Å². The van der Waals surface area contributed by atoms with E-state index in [-0.39, 0.29) is 5.54 Å². The number of rotatable bonds is 2. The summed E-state index contributed by atoms with van der Waals surface area (Å²) in [4.78, 5) is 7.05. The fraction of sp³-hybridized carbons (Fsp3) is 0.833. The Labute approximate surface area is 100 Å². The molecule has 17 heavy (non-hydrogen) atoms.